The summed E-state index contributed by atoms with van der Waals surface area (Å²) in [4.78, 5) is 15.6. The van der Waals surface area contributed by atoms with Crippen LogP contribution < -0.4 is 10.5 Å². The molecule has 1 aromatic heterocycles. The minimum Gasteiger partial charge on any atom is -0.486 e. The number of para-hydroxylation sites is 1. The van der Waals surface area contributed by atoms with Crippen molar-refractivity contribution in [2.24, 2.45) is 5.73 Å². The van der Waals surface area contributed by atoms with Crippen LogP contribution in [0.5, 0.6) is 5.75 Å². The third-order valence-corrected chi connectivity index (χ3v) is 3.83. The minimum absolute atomic E-state index is 0.377. The molecular formula is C15H12N2O2S. The second kappa shape index (κ2) is 5.30. The SMILES string of the molecule is NC(=O)c1cccc(OCc2nc3ccccc3s2)c1. The Kier molecular flexibility index (Phi) is 3.35. The first-order chi connectivity index (χ1) is 9.72. The van der Waals surface area contributed by atoms with E-state index in [1.54, 1.807) is 35.6 Å². The molecule has 0 spiro atoms. The number of rotatable bonds is 4. The normalized spacial score (nSPS) is 10.6. The number of hydrogen-bond donors (Lipinski definition) is 1. The average molecular weight is 284 g/mol. The van der Waals surface area contributed by atoms with Gasteiger partial charge in [-0.05, 0) is 30.3 Å². The highest BCUT2D eigenvalue weighted by atomic mass is 32.1. The Morgan fingerprint density at radius 3 is 2.85 bits per heavy atom. The first kappa shape index (κ1) is 12.6. The number of benzene rings is 2. The second-order valence-electron chi connectivity index (χ2n) is 4.26. The first-order valence-electron chi connectivity index (χ1n) is 6.09. The number of ether oxygens (including phenoxy) is 1. The van der Waals surface area contributed by atoms with Gasteiger partial charge in [0, 0.05) is 5.56 Å². The van der Waals surface area contributed by atoms with Gasteiger partial charge >= 0.3 is 0 Å². The van der Waals surface area contributed by atoms with Gasteiger partial charge in [-0.25, -0.2) is 4.98 Å². The zero-order valence-electron chi connectivity index (χ0n) is 10.6. The summed E-state index contributed by atoms with van der Waals surface area (Å²) in [6.07, 6.45) is 0. The van der Waals surface area contributed by atoms with E-state index in [0.717, 1.165) is 15.2 Å². The van der Waals surface area contributed by atoms with Crippen molar-refractivity contribution >= 4 is 27.5 Å². The molecule has 0 bridgehead atoms. The maximum absolute atomic E-state index is 11.1. The van der Waals surface area contributed by atoms with E-state index in [0.29, 0.717) is 17.9 Å². The summed E-state index contributed by atoms with van der Waals surface area (Å²) in [5.74, 6) is 0.149. The molecule has 0 saturated heterocycles. The van der Waals surface area contributed by atoms with Gasteiger partial charge in [-0.2, -0.15) is 0 Å². The highest BCUT2D eigenvalue weighted by Gasteiger charge is 2.05. The Balaban J connectivity index is 1.75. The van der Waals surface area contributed by atoms with Crippen molar-refractivity contribution in [2.75, 3.05) is 0 Å². The van der Waals surface area contributed by atoms with Crippen molar-refractivity contribution in [3.63, 3.8) is 0 Å². The Morgan fingerprint density at radius 1 is 1.20 bits per heavy atom. The van der Waals surface area contributed by atoms with Gasteiger partial charge in [0.05, 0.1) is 10.2 Å². The van der Waals surface area contributed by atoms with Crippen molar-refractivity contribution in [3.8, 4) is 5.75 Å². The monoisotopic (exact) mass is 284 g/mol. The summed E-state index contributed by atoms with van der Waals surface area (Å²) in [5, 5.41) is 0.899. The lowest BCUT2D eigenvalue weighted by Crippen LogP contribution is -2.10. The molecule has 2 aromatic carbocycles. The fraction of sp³-hybridized carbons (Fsp3) is 0.0667. The fourth-order valence-corrected chi connectivity index (χ4v) is 2.75. The Bertz CT molecular complexity index is 734. The van der Waals surface area contributed by atoms with Crippen molar-refractivity contribution in [3.05, 3.63) is 59.1 Å². The van der Waals surface area contributed by atoms with Gasteiger partial charge in [0.2, 0.25) is 5.91 Å². The van der Waals surface area contributed by atoms with E-state index in [2.05, 4.69) is 4.98 Å². The standard InChI is InChI=1S/C15H12N2O2S/c16-15(18)10-4-3-5-11(8-10)19-9-14-17-12-6-1-2-7-13(12)20-14/h1-8H,9H2,(H2,16,18). The number of aromatic nitrogens is 1. The zero-order valence-corrected chi connectivity index (χ0v) is 11.4. The maximum atomic E-state index is 11.1. The van der Waals surface area contributed by atoms with E-state index in [-0.39, 0.29) is 0 Å². The summed E-state index contributed by atoms with van der Waals surface area (Å²) in [5.41, 5.74) is 6.65. The van der Waals surface area contributed by atoms with Gasteiger partial charge in [-0.1, -0.05) is 18.2 Å². The molecule has 1 amide bonds. The molecule has 2 N–H and O–H groups in total. The first-order valence-corrected chi connectivity index (χ1v) is 6.91. The van der Waals surface area contributed by atoms with Crippen LogP contribution in [0.1, 0.15) is 15.4 Å². The lowest BCUT2D eigenvalue weighted by atomic mass is 10.2. The molecule has 4 nitrogen and oxygen atoms in total. The van der Waals surface area contributed by atoms with Crippen LogP contribution in [0.15, 0.2) is 48.5 Å². The number of nitrogens with two attached hydrogens (primary N) is 1. The van der Waals surface area contributed by atoms with E-state index in [4.69, 9.17) is 10.5 Å². The van der Waals surface area contributed by atoms with Crippen LogP contribution in [0.4, 0.5) is 0 Å². The number of primary amides is 1. The van der Waals surface area contributed by atoms with E-state index in [1.165, 1.54) is 0 Å². The number of fused-ring (bicyclic) bond motifs is 1. The van der Waals surface area contributed by atoms with Crippen molar-refractivity contribution < 1.29 is 9.53 Å². The van der Waals surface area contributed by atoms with E-state index >= 15 is 0 Å². The van der Waals surface area contributed by atoms with Crippen LogP contribution >= 0.6 is 11.3 Å². The lowest BCUT2D eigenvalue weighted by molar-refractivity contribution is 0.1000. The average Bonchev–Trinajstić information content (AvgIpc) is 2.88. The van der Waals surface area contributed by atoms with Crippen LogP contribution in [0.25, 0.3) is 10.2 Å². The van der Waals surface area contributed by atoms with Crippen LogP contribution in [0.3, 0.4) is 0 Å². The number of nitrogens with zero attached hydrogens (tertiary/aromatic N) is 1. The summed E-state index contributed by atoms with van der Waals surface area (Å²) in [6, 6.07) is 14.8. The topological polar surface area (TPSA) is 65.2 Å². The third kappa shape index (κ3) is 2.62. The smallest absolute Gasteiger partial charge is 0.248 e. The summed E-state index contributed by atoms with van der Waals surface area (Å²) < 4.78 is 6.79. The predicted octanol–water partition coefficient (Wildman–Crippen LogP) is 2.97. The second-order valence-corrected chi connectivity index (χ2v) is 5.37. The lowest BCUT2D eigenvalue weighted by Gasteiger charge is -2.04. The van der Waals surface area contributed by atoms with Crippen molar-refractivity contribution in [2.45, 2.75) is 6.61 Å². The quantitative estimate of drug-likeness (QED) is 0.801. The molecule has 0 aliphatic heterocycles. The molecule has 0 aliphatic carbocycles. The number of carbonyl (C=O) groups is 1. The van der Waals surface area contributed by atoms with Gasteiger partial charge < -0.3 is 10.5 Å². The Hall–Kier alpha value is -2.40. The third-order valence-electron chi connectivity index (χ3n) is 2.82. The van der Waals surface area contributed by atoms with E-state index in [1.807, 2.05) is 24.3 Å². The van der Waals surface area contributed by atoms with Gasteiger partial charge in [-0.15, -0.1) is 11.3 Å². The van der Waals surface area contributed by atoms with Crippen LogP contribution in [-0.2, 0) is 6.61 Å². The molecule has 0 fully saturated rings. The van der Waals surface area contributed by atoms with Gasteiger partial charge in [-0.3, -0.25) is 4.79 Å². The van der Waals surface area contributed by atoms with E-state index < -0.39 is 5.91 Å². The zero-order chi connectivity index (χ0) is 13.9. The Labute approximate surface area is 119 Å². The molecule has 0 unspecified atom stereocenters. The minimum atomic E-state index is -0.463. The summed E-state index contributed by atoms with van der Waals surface area (Å²) in [6.45, 7) is 0.377. The van der Waals surface area contributed by atoms with Gasteiger partial charge in [0.1, 0.15) is 17.4 Å². The largest absolute Gasteiger partial charge is 0.486 e. The number of hydrogen-bond acceptors (Lipinski definition) is 4. The predicted molar refractivity (Wildman–Crippen MR) is 78.9 cm³/mol. The maximum Gasteiger partial charge on any atom is 0.248 e. The van der Waals surface area contributed by atoms with Crippen molar-refractivity contribution in [1.29, 1.82) is 0 Å². The number of carbonyl (C=O) groups excluding carboxylic acids is 1. The van der Waals surface area contributed by atoms with Gasteiger partial charge in [0.25, 0.3) is 0 Å². The number of thiazole rings is 1. The molecule has 0 aliphatic rings. The molecule has 3 rings (SSSR count). The molecule has 0 radical (unpaired) electrons. The summed E-state index contributed by atoms with van der Waals surface area (Å²) in [7, 11) is 0. The molecule has 100 valence electrons. The highest BCUT2D eigenvalue weighted by Crippen LogP contribution is 2.23. The molecule has 0 atom stereocenters. The van der Waals surface area contributed by atoms with Crippen LogP contribution in [0, 0.1) is 0 Å². The molecule has 20 heavy (non-hydrogen) atoms. The fourth-order valence-electron chi connectivity index (χ4n) is 1.87. The van der Waals surface area contributed by atoms with Crippen LogP contribution in [0.2, 0.25) is 0 Å². The molecule has 3 aromatic rings. The van der Waals surface area contributed by atoms with Crippen molar-refractivity contribution in [1.82, 2.24) is 4.98 Å². The Morgan fingerprint density at radius 2 is 2.05 bits per heavy atom. The molecular weight excluding hydrogens is 272 g/mol. The number of amides is 1. The molecule has 5 heteroatoms. The highest BCUT2D eigenvalue weighted by molar-refractivity contribution is 7.18. The van der Waals surface area contributed by atoms with E-state index in [9.17, 15) is 4.79 Å². The summed E-state index contributed by atoms with van der Waals surface area (Å²) >= 11 is 1.60. The van der Waals surface area contributed by atoms with Gasteiger partial charge in [0.15, 0.2) is 0 Å². The molecule has 0 saturated carbocycles. The molecule has 1 heterocycles. The van der Waals surface area contributed by atoms with Crippen LogP contribution in [-0.4, -0.2) is 10.9 Å².